The van der Waals surface area contributed by atoms with E-state index in [1.54, 1.807) is 45.4 Å². The molecule has 0 amide bonds. The van der Waals surface area contributed by atoms with Gasteiger partial charge in [0.2, 0.25) is 11.8 Å². The Hall–Kier alpha value is -12.1. The van der Waals surface area contributed by atoms with Crippen molar-refractivity contribution in [2.45, 2.75) is 209 Å². The van der Waals surface area contributed by atoms with Gasteiger partial charge < -0.3 is 35.2 Å². The molecule has 120 heavy (non-hydrogen) atoms. The number of aryl methyl sites for hydroxylation is 15. The fourth-order valence-corrected chi connectivity index (χ4v) is 10.3. The summed E-state index contributed by atoms with van der Waals surface area (Å²) in [5.74, 6) is 7.42. The van der Waals surface area contributed by atoms with Gasteiger partial charge in [-0.1, -0.05) is 116 Å². The van der Waals surface area contributed by atoms with Crippen LogP contribution in [0, 0.1) is 90.0 Å². The van der Waals surface area contributed by atoms with E-state index in [9.17, 15) is 13.2 Å². The molecule has 0 spiro atoms. The summed E-state index contributed by atoms with van der Waals surface area (Å²) in [6.45, 7) is 50.1. The van der Waals surface area contributed by atoms with E-state index in [-0.39, 0.29) is 11.5 Å². The van der Waals surface area contributed by atoms with Crippen LogP contribution in [0.2, 0.25) is 0 Å². The standard InChI is InChI=1S/C13H24N4.C13H15N3.C12H13N3.2C9H14N2.C8H12N2O.C7H6F3N.C7H11N3.C7H10N2.C6H8N2O/c1-5-17(6-2)9-7-8-14-13-10-11(3)15-12(4)16-13;1-11-8-13(15-10-14-11)16(2)9-12-6-4-3-5-7-12;1-10-7-12(15-9-14-10)13-8-11-5-3-2-4-6-11;1-7-5-8(9(2,3)4)11-6-10-7;1-4-5-9-6-7(2)10-8(3)11-9;1-6(2)11-8-4-7(3)9-5-10-8;1-5-2-3-6(4-11-5)7(8,9)10;1-5-4-7(8-3)10-6(2)9-5;1-3-7-4-6(2)8-5-9-7;1-5-3-6(9-2)8-4-7-5/h10H,5-9H2,1-4H3,(H,14,15,16);3-8,10H,9H2,1-2H3;2-7,9H,8H2,1H3,(H,13,14,15);5-6H,1-4H3;6H,4-5H2,1-3H3;4-6H,1-3H3;2-4H,1H3;4H,1-3H3,(H,8,9,10);4-5H,3H2,1-2H3;3-4H,1-2H3. The zero-order valence-corrected chi connectivity index (χ0v) is 75.2. The van der Waals surface area contributed by atoms with Gasteiger partial charge in [-0.25, -0.2) is 89.7 Å². The van der Waals surface area contributed by atoms with Crippen LogP contribution >= 0.6 is 0 Å². The Kier molecular flexibility index (Phi) is 47.9. The normalized spacial score (nSPS) is 10.3. The average Bonchev–Trinajstić information content (AvgIpc) is 0.860. The minimum absolute atomic E-state index is 0.133. The number of benzene rings is 2. The number of nitrogens with zero attached hydrogens (tertiary/aromatic N) is 21. The minimum Gasteiger partial charge on any atom is -0.481 e. The topological polar surface area (TPSA) is 306 Å². The molecule has 0 aliphatic carbocycles. The van der Waals surface area contributed by atoms with Gasteiger partial charge in [0.15, 0.2) is 0 Å². The van der Waals surface area contributed by atoms with E-state index >= 15 is 0 Å². The van der Waals surface area contributed by atoms with E-state index in [1.807, 2.05) is 178 Å². The van der Waals surface area contributed by atoms with Crippen LogP contribution in [0.4, 0.5) is 36.4 Å². The van der Waals surface area contributed by atoms with Crippen LogP contribution in [0.1, 0.15) is 183 Å². The third-order valence-electron chi connectivity index (χ3n) is 16.3. The Morgan fingerprint density at radius 3 is 1.37 bits per heavy atom. The van der Waals surface area contributed by atoms with Crippen LogP contribution < -0.4 is 30.3 Å². The van der Waals surface area contributed by atoms with Gasteiger partial charge in [0.25, 0.3) is 0 Å². The molecule has 29 heteroatoms. The summed E-state index contributed by atoms with van der Waals surface area (Å²) in [5.41, 5.74) is 14.9. The predicted molar refractivity (Wildman–Crippen MR) is 476 cm³/mol. The number of hydrogen-bond acceptors (Lipinski definition) is 26. The number of methoxy groups -OCH3 is 1. The third-order valence-corrected chi connectivity index (χ3v) is 16.3. The number of hydrogen-bond donors (Lipinski definition) is 3. The highest BCUT2D eigenvalue weighted by Gasteiger charge is 2.30. The maximum atomic E-state index is 11.9. The zero-order valence-electron chi connectivity index (χ0n) is 75.2. The lowest BCUT2D eigenvalue weighted by molar-refractivity contribution is -0.137. The van der Waals surface area contributed by atoms with Crippen molar-refractivity contribution >= 4 is 23.3 Å². The van der Waals surface area contributed by atoms with E-state index in [4.69, 9.17) is 9.47 Å². The molecule has 0 saturated heterocycles. The van der Waals surface area contributed by atoms with Crippen LogP contribution in [0.5, 0.6) is 11.8 Å². The van der Waals surface area contributed by atoms with Gasteiger partial charge in [-0.05, 0) is 184 Å². The first kappa shape index (κ1) is 102. The molecule has 0 atom stereocenters. The number of aromatic nitrogens is 19. The van der Waals surface area contributed by atoms with Crippen LogP contribution in [-0.4, -0.2) is 153 Å². The van der Waals surface area contributed by atoms with Gasteiger partial charge in [0.1, 0.15) is 78.7 Å². The Morgan fingerprint density at radius 2 is 0.917 bits per heavy atom. The Morgan fingerprint density at radius 1 is 0.442 bits per heavy atom. The molecule has 0 aliphatic heterocycles. The highest BCUT2D eigenvalue weighted by atomic mass is 19.4. The largest absolute Gasteiger partial charge is 0.481 e. The number of alkyl halides is 3. The lowest BCUT2D eigenvalue weighted by Gasteiger charge is -2.18. The molecular weight excluding hydrogens is 1520 g/mol. The van der Waals surface area contributed by atoms with Gasteiger partial charge in [-0.2, -0.15) is 13.2 Å². The van der Waals surface area contributed by atoms with E-state index < -0.39 is 11.7 Å². The van der Waals surface area contributed by atoms with Crippen molar-refractivity contribution in [1.82, 2.24) is 99.6 Å². The molecule has 0 fully saturated rings. The van der Waals surface area contributed by atoms with Crippen molar-refractivity contribution in [1.29, 1.82) is 0 Å². The molecule has 12 aromatic rings. The highest BCUT2D eigenvalue weighted by Crippen LogP contribution is 2.28. The van der Waals surface area contributed by atoms with Crippen molar-refractivity contribution in [2.75, 3.05) is 68.2 Å². The summed E-state index contributed by atoms with van der Waals surface area (Å²) >= 11 is 0. The molecule has 26 nitrogen and oxygen atoms in total. The van der Waals surface area contributed by atoms with Crippen LogP contribution in [0.15, 0.2) is 172 Å². The molecule has 10 heterocycles. The first-order valence-corrected chi connectivity index (χ1v) is 40.1. The molecular formula is C91H127F3N24O2. The molecule has 0 unspecified atom stereocenters. The number of ether oxygens (including phenoxy) is 2. The molecule has 0 radical (unpaired) electrons. The fourth-order valence-electron chi connectivity index (χ4n) is 10.3. The summed E-state index contributed by atoms with van der Waals surface area (Å²) in [6.07, 6.45) is 10.5. The number of anilines is 4. The SMILES string of the molecule is CCCc1cc(C)nc(C)n1.CCN(CC)CCCNc1cc(C)nc(C)n1.CCc1cc(C)ncn1.CNc1cc(C)nc(C)n1.COc1cc(C)ncn1.Cc1cc(C(C)(C)C)ncn1.Cc1cc(N(C)Cc2ccccc2)ncn1.Cc1cc(NCc2ccccc2)ncn1.Cc1cc(OC(C)C)ncn1.Cc1ccc(C(F)(F)F)cn1. The molecule has 0 saturated carbocycles. The second kappa shape index (κ2) is 56.3. The van der Waals surface area contributed by atoms with Gasteiger partial charge in [-0.15, -0.1) is 0 Å². The molecule has 10 aromatic heterocycles. The van der Waals surface area contributed by atoms with Crippen molar-refractivity contribution in [3.8, 4) is 11.8 Å². The number of pyridine rings is 1. The van der Waals surface area contributed by atoms with Crippen molar-refractivity contribution in [2.24, 2.45) is 0 Å². The predicted octanol–water partition coefficient (Wildman–Crippen LogP) is 18.4. The van der Waals surface area contributed by atoms with Gasteiger partial charge in [0, 0.05) is 156 Å². The summed E-state index contributed by atoms with van der Waals surface area (Å²) in [7, 11) is 5.47. The average molecular weight is 1650 g/mol. The molecule has 12 rings (SSSR count). The van der Waals surface area contributed by atoms with E-state index in [0.29, 0.717) is 17.5 Å². The Bertz CT molecular complexity index is 4680. The van der Waals surface area contributed by atoms with E-state index in [0.717, 1.165) is 186 Å². The van der Waals surface area contributed by atoms with Gasteiger partial charge in [0.05, 0.1) is 18.8 Å². The smallest absolute Gasteiger partial charge is 0.417 e. The fraction of sp³-hybridized carbons (Fsp3) is 0.418. The first-order valence-electron chi connectivity index (χ1n) is 40.1. The van der Waals surface area contributed by atoms with E-state index in [1.165, 1.54) is 29.8 Å². The maximum Gasteiger partial charge on any atom is 0.417 e. The number of halogens is 3. The molecule has 0 bridgehead atoms. The van der Waals surface area contributed by atoms with Crippen LogP contribution in [-0.2, 0) is 37.5 Å². The minimum atomic E-state index is -4.28. The number of nitrogens with one attached hydrogen (secondary N) is 3. The summed E-state index contributed by atoms with van der Waals surface area (Å²) < 4.78 is 45.8. The lowest BCUT2D eigenvalue weighted by Crippen LogP contribution is -2.25. The van der Waals surface area contributed by atoms with Crippen molar-refractivity contribution in [3.63, 3.8) is 0 Å². The van der Waals surface area contributed by atoms with E-state index in [2.05, 4.69) is 211 Å². The van der Waals surface area contributed by atoms with Gasteiger partial charge >= 0.3 is 6.18 Å². The van der Waals surface area contributed by atoms with Crippen LogP contribution in [0.25, 0.3) is 0 Å². The monoisotopic (exact) mass is 1650 g/mol. The maximum absolute atomic E-state index is 11.9. The molecule has 3 N–H and O–H groups in total. The number of rotatable bonds is 20. The Labute approximate surface area is 710 Å². The molecule has 2 aromatic carbocycles. The summed E-state index contributed by atoms with van der Waals surface area (Å²) in [5, 5.41) is 9.56. The summed E-state index contributed by atoms with van der Waals surface area (Å²) in [6, 6.07) is 40.5. The summed E-state index contributed by atoms with van der Waals surface area (Å²) in [4.78, 5) is 81.9. The third kappa shape index (κ3) is 46.1. The second-order valence-electron chi connectivity index (χ2n) is 28.8. The molecule has 644 valence electrons. The van der Waals surface area contributed by atoms with Crippen LogP contribution in [0.3, 0.4) is 0 Å². The molecule has 0 aliphatic rings. The van der Waals surface area contributed by atoms with Crippen molar-refractivity contribution < 1.29 is 22.6 Å². The van der Waals surface area contributed by atoms with Crippen molar-refractivity contribution in [3.05, 3.63) is 280 Å². The second-order valence-corrected chi connectivity index (χ2v) is 28.8. The lowest BCUT2D eigenvalue weighted by atomic mass is 9.92. The quantitative estimate of drug-likeness (QED) is 0.0597. The van der Waals surface area contributed by atoms with Gasteiger partial charge in [-0.3, -0.25) is 4.98 Å². The first-order chi connectivity index (χ1) is 57.0. The zero-order chi connectivity index (χ0) is 89.0. The highest BCUT2D eigenvalue weighted by molar-refractivity contribution is 5.40. The Balaban J connectivity index is 0.000000347.